The summed E-state index contributed by atoms with van der Waals surface area (Å²) in [5.74, 6) is 0. The molecule has 0 aromatic carbocycles. The fraction of sp³-hybridized carbons (Fsp3) is 0. The average molecular weight is 203 g/mol. The first-order valence-corrected chi connectivity index (χ1v) is 3.34. The van der Waals surface area contributed by atoms with Crippen LogP contribution >= 0.6 is 15.9 Å². The lowest BCUT2D eigenvalue weighted by Crippen LogP contribution is -2.35. The third-order valence-corrected chi connectivity index (χ3v) is 1.31. The van der Waals surface area contributed by atoms with Gasteiger partial charge in [0.25, 0.3) is 0 Å². The predicted molar refractivity (Wildman–Crippen MR) is 39.6 cm³/mol. The van der Waals surface area contributed by atoms with Gasteiger partial charge in [-0.2, -0.15) is 0 Å². The van der Waals surface area contributed by atoms with Crippen molar-refractivity contribution < 1.29 is 10.0 Å². The molecule has 0 aliphatic carbocycles. The second-order valence-electron chi connectivity index (χ2n) is 1.61. The van der Waals surface area contributed by atoms with Gasteiger partial charge in [-0.15, -0.1) is 0 Å². The third-order valence-electron chi connectivity index (χ3n) is 0.871. The maximum atomic E-state index is 8.56. The first-order valence-electron chi connectivity index (χ1n) is 2.55. The van der Waals surface area contributed by atoms with Crippen molar-refractivity contribution in [3.63, 3.8) is 0 Å². The number of hydrogen-bond acceptors (Lipinski definition) is 4. The van der Waals surface area contributed by atoms with Crippen LogP contribution in [0.4, 0.5) is 0 Å². The molecular weight excluding hydrogens is 199 g/mol. The highest BCUT2D eigenvalue weighted by Crippen LogP contribution is 1.98. The minimum atomic E-state index is -1.60. The van der Waals surface area contributed by atoms with Crippen LogP contribution in [0, 0.1) is 0 Å². The van der Waals surface area contributed by atoms with E-state index in [4.69, 9.17) is 10.0 Å². The largest absolute Gasteiger partial charge is 0.528 e. The fourth-order valence-corrected chi connectivity index (χ4v) is 0.775. The third kappa shape index (κ3) is 1.76. The zero-order chi connectivity index (χ0) is 7.56. The minimum absolute atomic E-state index is 0.00521. The summed E-state index contributed by atoms with van der Waals surface area (Å²) in [5, 5.41) is 17.1. The molecule has 1 aromatic rings. The Kier molecular flexibility index (Phi) is 2.36. The van der Waals surface area contributed by atoms with Crippen molar-refractivity contribution in [1.82, 2.24) is 9.97 Å². The molecule has 0 aliphatic heterocycles. The van der Waals surface area contributed by atoms with E-state index in [1.807, 2.05) is 0 Å². The summed E-state index contributed by atoms with van der Waals surface area (Å²) in [6.45, 7) is 0. The van der Waals surface area contributed by atoms with Crippen LogP contribution in [0.2, 0.25) is 0 Å². The molecule has 4 nitrogen and oxygen atoms in total. The van der Waals surface area contributed by atoms with Gasteiger partial charge >= 0.3 is 7.12 Å². The van der Waals surface area contributed by atoms with E-state index >= 15 is 0 Å². The van der Waals surface area contributed by atoms with Crippen LogP contribution in [0.25, 0.3) is 0 Å². The van der Waals surface area contributed by atoms with Crippen LogP contribution in [0.5, 0.6) is 0 Å². The molecule has 2 N–H and O–H groups in total. The average Bonchev–Trinajstić information content (AvgIpc) is 1.88. The molecule has 0 spiro atoms. The Morgan fingerprint density at radius 2 is 2.20 bits per heavy atom. The van der Waals surface area contributed by atoms with Crippen LogP contribution in [0.1, 0.15) is 0 Å². The van der Waals surface area contributed by atoms with Crippen LogP contribution in [-0.4, -0.2) is 27.1 Å². The molecule has 0 atom stereocenters. The minimum Gasteiger partial charge on any atom is -0.421 e. The van der Waals surface area contributed by atoms with Gasteiger partial charge in [0, 0.05) is 6.20 Å². The lowest BCUT2D eigenvalue weighted by molar-refractivity contribution is 0.422. The number of hydrogen-bond donors (Lipinski definition) is 2. The van der Waals surface area contributed by atoms with Crippen molar-refractivity contribution in [2.45, 2.75) is 0 Å². The molecule has 0 saturated carbocycles. The number of rotatable bonds is 1. The van der Waals surface area contributed by atoms with E-state index in [2.05, 4.69) is 25.9 Å². The lowest BCUT2D eigenvalue weighted by atomic mass is 9.91. The molecule has 1 heterocycles. The molecule has 10 heavy (non-hydrogen) atoms. The molecule has 0 unspecified atom stereocenters. The van der Waals surface area contributed by atoms with Gasteiger partial charge in [0.05, 0.1) is 0 Å². The smallest absolute Gasteiger partial charge is 0.421 e. The van der Waals surface area contributed by atoms with Gasteiger partial charge in [-0.25, -0.2) is 9.97 Å². The zero-order valence-corrected chi connectivity index (χ0v) is 6.48. The molecule has 0 amide bonds. The highest BCUT2D eigenvalue weighted by molar-refractivity contribution is 9.10. The van der Waals surface area contributed by atoms with E-state index in [9.17, 15) is 0 Å². The molecule has 52 valence electrons. The van der Waals surface area contributed by atoms with E-state index < -0.39 is 7.12 Å². The summed E-state index contributed by atoms with van der Waals surface area (Å²) >= 11 is 3.06. The number of halogens is 1. The Morgan fingerprint density at radius 1 is 1.50 bits per heavy atom. The highest BCUT2D eigenvalue weighted by Gasteiger charge is 2.13. The van der Waals surface area contributed by atoms with Crippen LogP contribution in [0.15, 0.2) is 16.9 Å². The van der Waals surface area contributed by atoms with E-state index in [1.165, 1.54) is 6.20 Å². The maximum absolute atomic E-state index is 8.56. The molecule has 0 fully saturated rings. The standard InChI is InChI=1S/C4H4BBrN2O2/c6-3-1-2-7-4(8-3)5(9)10/h1-2,9-10H. The zero-order valence-electron chi connectivity index (χ0n) is 4.90. The molecule has 0 radical (unpaired) electrons. The van der Waals surface area contributed by atoms with E-state index in [0.29, 0.717) is 4.60 Å². The predicted octanol–water partition coefficient (Wildman–Crippen LogP) is -1.08. The van der Waals surface area contributed by atoms with Crippen molar-refractivity contribution in [2.75, 3.05) is 0 Å². The van der Waals surface area contributed by atoms with Crippen molar-refractivity contribution in [1.29, 1.82) is 0 Å². The maximum Gasteiger partial charge on any atom is 0.528 e. The van der Waals surface area contributed by atoms with Crippen LogP contribution in [0.3, 0.4) is 0 Å². The molecule has 6 heteroatoms. The normalized spacial score (nSPS) is 9.50. The Hall–Kier alpha value is -0.455. The second-order valence-corrected chi connectivity index (χ2v) is 2.42. The Morgan fingerprint density at radius 3 is 2.60 bits per heavy atom. The van der Waals surface area contributed by atoms with Gasteiger partial charge in [-0.05, 0) is 22.0 Å². The molecular formula is C4H4BBrN2O2. The molecule has 0 aliphatic rings. The first kappa shape index (κ1) is 7.65. The van der Waals surface area contributed by atoms with Gasteiger partial charge in [0.2, 0.25) is 0 Å². The summed E-state index contributed by atoms with van der Waals surface area (Å²) in [6, 6.07) is 1.60. The van der Waals surface area contributed by atoms with Crippen molar-refractivity contribution in [3.05, 3.63) is 16.9 Å². The topological polar surface area (TPSA) is 66.2 Å². The molecule has 1 aromatic heterocycles. The number of nitrogens with zero attached hydrogens (tertiary/aromatic N) is 2. The molecule has 0 saturated heterocycles. The fourth-order valence-electron chi connectivity index (χ4n) is 0.475. The summed E-state index contributed by atoms with van der Waals surface area (Å²) in [6.07, 6.45) is 1.44. The first-order chi connectivity index (χ1) is 4.70. The molecule has 0 bridgehead atoms. The summed E-state index contributed by atoms with van der Waals surface area (Å²) in [4.78, 5) is 7.28. The van der Waals surface area contributed by atoms with E-state index in [0.717, 1.165) is 0 Å². The Balaban J connectivity index is 2.96. The van der Waals surface area contributed by atoms with Crippen molar-refractivity contribution >= 4 is 28.8 Å². The quantitative estimate of drug-likeness (QED) is 0.449. The van der Waals surface area contributed by atoms with Crippen LogP contribution < -0.4 is 5.72 Å². The SMILES string of the molecule is OB(O)c1nccc(Br)n1. The number of aromatic nitrogens is 2. The van der Waals surface area contributed by atoms with Gasteiger partial charge in [0.15, 0.2) is 5.72 Å². The second kappa shape index (κ2) is 3.09. The summed E-state index contributed by atoms with van der Waals surface area (Å²) in [7, 11) is -1.60. The van der Waals surface area contributed by atoms with Gasteiger partial charge in [-0.3, -0.25) is 0 Å². The van der Waals surface area contributed by atoms with Crippen molar-refractivity contribution in [2.24, 2.45) is 0 Å². The van der Waals surface area contributed by atoms with Gasteiger partial charge in [0.1, 0.15) is 4.60 Å². The van der Waals surface area contributed by atoms with Crippen LogP contribution in [-0.2, 0) is 0 Å². The van der Waals surface area contributed by atoms with Gasteiger partial charge < -0.3 is 10.0 Å². The molecule has 1 rings (SSSR count). The Bertz CT molecular complexity index is 232. The monoisotopic (exact) mass is 202 g/mol. The Labute approximate surface area is 66.2 Å². The van der Waals surface area contributed by atoms with E-state index in [1.54, 1.807) is 6.07 Å². The highest BCUT2D eigenvalue weighted by atomic mass is 79.9. The van der Waals surface area contributed by atoms with Crippen molar-refractivity contribution in [3.8, 4) is 0 Å². The van der Waals surface area contributed by atoms with E-state index in [-0.39, 0.29) is 5.72 Å². The van der Waals surface area contributed by atoms with Gasteiger partial charge in [-0.1, -0.05) is 0 Å². The lowest BCUT2D eigenvalue weighted by Gasteiger charge is -1.95. The summed E-state index contributed by atoms with van der Waals surface area (Å²) < 4.78 is 0.533. The summed E-state index contributed by atoms with van der Waals surface area (Å²) in [5.41, 5.74) is -0.00521.